The van der Waals surface area contributed by atoms with Crippen LogP contribution in [0.1, 0.15) is 53.9 Å². The van der Waals surface area contributed by atoms with Crippen LogP contribution in [0.3, 0.4) is 0 Å². The average molecular weight is 464 g/mol. The molecule has 0 bridgehead atoms. The van der Waals surface area contributed by atoms with Crippen LogP contribution in [0.2, 0.25) is 0 Å². The molecule has 34 heavy (non-hydrogen) atoms. The van der Waals surface area contributed by atoms with Crippen LogP contribution in [0.4, 0.5) is 4.79 Å². The van der Waals surface area contributed by atoms with Gasteiger partial charge in [0, 0.05) is 19.0 Å². The summed E-state index contributed by atoms with van der Waals surface area (Å²) >= 11 is 0. The Morgan fingerprint density at radius 3 is 2.62 bits per heavy atom. The van der Waals surface area contributed by atoms with Crippen molar-refractivity contribution >= 4 is 24.3 Å². The maximum absolute atomic E-state index is 12.2. The van der Waals surface area contributed by atoms with Crippen molar-refractivity contribution in [1.29, 1.82) is 0 Å². The van der Waals surface area contributed by atoms with Crippen molar-refractivity contribution < 1.29 is 23.9 Å². The van der Waals surface area contributed by atoms with Crippen molar-refractivity contribution in [3.63, 3.8) is 0 Å². The van der Waals surface area contributed by atoms with E-state index in [-0.39, 0.29) is 31.5 Å². The topological polar surface area (TPSA) is 105 Å². The summed E-state index contributed by atoms with van der Waals surface area (Å²) in [5.74, 6) is -0.281. The standard InChI is InChI=1S/C26H29N3O5/c1-17-11-18(7-8-20(17)14-29(16-30)23-9-10-24(31)28-25(23)32)15-34-26(33)27-22-12-21(13-22)19-5-3-2-4-6-19/h2-8,11,16,21-23H,9-10,12-15H2,1H3,(H,27,33)(H,28,31,32). The number of piperidine rings is 1. The third kappa shape index (κ3) is 5.62. The summed E-state index contributed by atoms with van der Waals surface area (Å²) in [4.78, 5) is 48.7. The lowest BCUT2D eigenvalue weighted by Crippen LogP contribution is -2.51. The van der Waals surface area contributed by atoms with Crippen LogP contribution < -0.4 is 10.6 Å². The Hall–Kier alpha value is -3.68. The summed E-state index contributed by atoms with van der Waals surface area (Å²) in [6.45, 7) is 2.31. The summed E-state index contributed by atoms with van der Waals surface area (Å²) in [6, 6.07) is 15.4. The highest BCUT2D eigenvalue weighted by Gasteiger charge is 2.32. The second kappa shape index (κ2) is 10.5. The highest BCUT2D eigenvalue weighted by molar-refractivity contribution is 6.00. The zero-order valence-corrected chi connectivity index (χ0v) is 19.2. The fourth-order valence-corrected chi connectivity index (χ4v) is 4.53. The molecule has 4 amide bonds. The Balaban J connectivity index is 1.24. The summed E-state index contributed by atoms with van der Waals surface area (Å²) < 4.78 is 5.39. The van der Waals surface area contributed by atoms with E-state index in [1.54, 1.807) is 0 Å². The Morgan fingerprint density at radius 1 is 1.18 bits per heavy atom. The van der Waals surface area contributed by atoms with Crippen LogP contribution in [-0.4, -0.2) is 41.3 Å². The molecule has 1 unspecified atom stereocenters. The molecule has 0 radical (unpaired) electrons. The van der Waals surface area contributed by atoms with E-state index in [1.165, 1.54) is 10.5 Å². The number of nitrogens with one attached hydrogen (secondary N) is 2. The number of alkyl carbamates (subject to hydrolysis) is 1. The summed E-state index contributed by atoms with van der Waals surface area (Å²) in [5.41, 5.74) is 3.94. The minimum Gasteiger partial charge on any atom is -0.445 e. The molecule has 8 nitrogen and oxygen atoms in total. The largest absolute Gasteiger partial charge is 0.445 e. The van der Waals surface area contributed by atoms with Crippen molar-refractivity contribution in [2.45, 2.75) is 63.8 Å². The van der Waals surface area contributed by atoms with Gasteiger partial charge in [-0.25, -0.2) is 4.79 Å². The first-order valence-corrected chi connectivity index (χ1v) is 11.5. The maximum Gasteiger partial charge on any atom is 0.407 e. The summed E-state index contributed by atoms with van der Waals surface area (Å²) in [5, 5.41) is 5.20. The molecular weight excluding hydrogens is 434 g/mol. The van der Waals surface area contributed by atoms with Gasteiger partial charge in [0.25, 0.3) is 0 Å². The van der Waals surface area contributed by atoms with Gasteiger partial charge in [-0.05, 0) is 54.4 Å². The van der Waals surface area contributed by atoms with Crippen LogP contribution in [0.5, 0.6) is 0 Å². The van der Waals surface area contributed by atoms with Gasteiger partial charge >= 0.3 is 6.09 Å². The molecule has 4 rings (SSSR count). The minimum atomic E-state index is -0.658. The molecule has 0 spiro atoms. The van der Waals surface area contributed by atoms with Crippen molar-refractivity contribution in [3.8, 4) is 0 Å². The summed E-state index contributed by atoms with van der Waals surface area (Å²) in [6.07, 6.45) is 2.57. The van der Waals surface area contributed by atoms with Crippen LogP contribution in [-0.2, 0) is 32.3 Å². The lowest BCUT2D eigenvalue weighted by Gasteiger charge is -2.35. The fourth-order valence-electron chi connectivity index (χ4n) is 4.53. The molecule has 2 aromatic carbocycles. The predicted molar refractivity (Wildman–Crippen MR) is 124 cm³/mol. The first-order chi connectivity index (χ1) is 16.4. The predicted octanol–water partition coefficient (Wildman–Crippen LogP) is 2.93. The van der Waals surface area contributed by atoms with Crippen LogP contribution in [0, 0.1) is 6.92 Å². The maximum atomic E-state index is 12.2. The number of benzene rings is 2. The minimum absolute atomic E-state index is 0.128. The van der Waals surface area contributed by atoms with Gasteiger partial charge in [-0.15, -0.1) is 0 Å². The zero-order chi connectivity index (χ0) is 24.1. The number of nitrogens with zero attached hydrogens (tertiary/aromatic N) is 1. The van der Waals surface area contributed by atoms with Crippen LogP contribution in [0.25, 0.3) is 0 Å². The lowest BCUT2D eigenvalue weighted by atomic mass is 9.76. The number of hydrogen-bond acceptors (Lipinski definition) is 5. The van der Waals surface area contributed by atoms with E-state index >= 15 is 0 Å². The van der Waals surface area contributed by atoms with Gasteiger partial charge in [-0.3, -0.25) is 19.7 Å². The molecular formula is C26H29N3O5. The molecule has 1 heterocycles. The number of ether oxygens (including phenoxy) is 1. The SMILES string of the molecule is Cc1cc(COC(=O)NC2CC(c3ccccc3)C2)ccc1CN(C=O)C1CCC(=O)NC1=O. The van der Waals surface area contributed by atoms with Gasteiger partial charge in [-0.2, -0.15) is 0 Å². The Kier molecular flexibility index (Phi) is 7.25. The number of imide groups is 1. The van der Waals surface area contributed by atoms with Gasteiger partial charge in [0.2, 0.25) is 18.2 Å². The molecule has 1 aliphatic heterocycles. The van der Waals surface area contributed by atoms with E-state index in [2.05, 4.69) is 22.8 Å². The van der Waals surface area contributed by atoms with Gasteiger partial charge in [0.05, 0.1) is 0 Å². The number of carbonyl (C=O) groups excluding carboxylic acids is 4. The Labute approximate surface area is 198 Å². The molecule has 2 fully saturated rings. The van der Waals surface area contributed by atoms with Crippen molar-refractivity contribution in [1.82, 2.24) is 15.5 Å². The van der Waals surface area contributed by atoms with Crippen molar-refractivity contribution in [2.24, 2.45) is 0 Å². The molecule has 178 valence electrons. The number of rotatable bonds is 8. The molecule has 0 aromatic heterocycles. The molecule has 1 atom stereocenters. The van der Waals surface area contributed by atoms with Gasteiger partial charge in [0.1, 0.15) is 12.6 Å². The molecule has 2 aromatic rings. The number of aryl methyl sites for hydroxylation is 1. The van der Waals surface area contributed by atoms with Crippen molar-refractivity contribution in [2.75, 3.05) is 0 Å². The van der Waals surface area contributed by atoms with Crippen LogP contribution in [0.15, 0.2) is 48.5 Å². The Morgan fingerprint density at radius 2 is 1.94 bits per heavy atom. The highest BCUT2D eigenvalue weighted by Crippen LogP contribution is 2.36. The highest BCUT2D eigenvalue weighted by atomic mass is 16.5. The fraction of sp³-hybridized carbons (Fsp3) is 0.385. The third-order valence-electron chi connectivity index (χ3n) is 6.61. The monoisotopic (exact) mass is 463 g/mol. The van der Waals surface area contributed by atoms with E-state index in [4.69, 9.17) is 4.74 Å². The first kappa shape index (κ1) is 23.5. The van der Waals surface area contributed by atoms with E-state index in [1.807, 2.05) is 43.3 Å². The van der Waals surface area contributed by atoms with Gasteiger partial charge < -0.3 is 15.0 Å². The Bertz CT molecular complexity index is 1070. The van der Waals surface area contributed by atoms with Crippen molar-refractivity contribution in [3.05, 3.63) is 70.8 Å². The zero-order valence-electron chi connectivity index (χ0n) is 19.2. The van der Waals surface area contributed by atoms with Crippen LogP contribution >= 0.6 is 0 Å². The molecule has 8 heteroatoms. The van der Waals surface area contributed by atoms with E-state index < -0.39 is 18.0 Å². The average Bonchev–Trinajstić information content (AvgIpc) is 2.80. The molecule has 1 saturated heterocycles. The van der Waals surface area contributed by atoms with E-state index in [0.717, 1.165) is 29.5 Å². The summed E-state index contributed by atoms with van der Waals surface area (Å²) in [7, 11) is 0. The number of amides is 4. The normalized spacial score (nSPS) is 21.7. The molecule has 2 N–H and O–H groups in total. The van der Waals surface area contributed by atoms with E-state index in [0.29, 0.717) is 18.7 Å². The number of carbonyl (C=O) groups is 4. The first-order valence-electron chi connectivity index (χ1n) is 11.5. The van der Waals surface area contributed by atoms with Gasteiger partial charge in [-0.1, -0.05) is 48.5 Å². The molecule has 1 saturated carbocycles. The van der Waals surface area contributed by atoms with E-state index in [9.17, 15) is 19.2 Å². The molecule has 1 aliphatic carbocycles. The van der Waals surface area contributed by atoms with Gasteiger partial charge in [0.15, 0.2) is 0 Å². The number of hydrogen-bond donors (Lipinski definition) is 2. The second-order valence-electron chi connectivity index (χ2n) is 9.00. The molecule has 2 aliphatic rings. The smallest absolute Gasteiger partial charge is 0.407 e. The lowest BCUT2D eigenvalue weighted by molar-refractivity contribution is -0.141. The quantitative estimate of drug-likeness (QED) is 0.463. The third-order valence-corrected chi connectivity index (χ3v) is 6.61. The second-order valence-corrected chi connectivity index (χ2v) is 9.00.